The van der Waals surface area contributed by atoms with E-state index in [0.29, 0.717) is 23.8 Å². The number of aromatic nitrogens is 6. The highest BCUT2D eigenvalue weighted by atomic mass is 16.1. The Bertz CT molecular complexity index is 1490. The molecule has 0 radical (unpaired) electrons. The van der Waals surface area contributed by atoms with Gasteiger partial charge in [-0.15, -0.1) is 0 Å². The molecule has 0 saturated heterocycles. The van der Waals surface area contributed by atoms with Crippen LogP contribution in [0.2, 0.25) is 0 Å². The fourth-order valence-electron chi connectivity index (χ4n) is 3.78. The van der Waals surface area contributed by atoms with Crippen LogP contribution in [0.1, 0.15) is 16.8 Å². The highest BCUT2D eigenvalue weighted by molar-refractivity contribution is 5.68. The van der Waals surface area contributed by atoms with Gasteiger partial charge in [-0.3, -0.25) is 14.2 Å². The van der Waals surface area contributed by atoms with Crippen LogP contribution in [0.5, 0.6) is 0 Å². The summed E-state index contributed by atoms with van der Waals surface area (Å²) in [5.41, 5.74) is 7.35. The van der Waals surface area contributed by atoms with E-state index in [1.54, 1.807) is 18.6 Å². The van der Waals surface area contributed by atoms with Crippen molar-refractivity contribution in [3.63, 3.8) is 0 Å². The number of rotatable bonds is 5. The third-order valence-electron chi connectivity index (χ3n) is 5.37. The molecule has 0 unspecified atom stereocenters. The average Bonchev–Trinajstić information content (AvgIpc) is 3.20. The summed E-state index contributed by atoms with van der Waals surface area (Å²) in [5.74, 6) is 0.689. The van der Waals surface area contributed by atoms with Crippen LogP contribution in [0.15, 0.2) is 72.2 Å². The highest BCUT2D eigenvalue weighted by Crippen LogP contribution is 2.25. The Morgan fingerprint density at radius 2 is 1.88 bits per heavy atom. The smallest absolute Gasteiger partial charge is 0.273 e. The molecule has 0 bridgehead atoms. The Kier molecular flexibility index (Phi) is 4.95. The van der Waals surface area contributed by atoms with Crippen molar-refractivity contribution < 1.29 is 0 Å². The number of aryl methyl sites for hydroxylation is 2. The second kappa shape index (κ2) is 8.07. The third-order valence-corrected chi connectivity index (χ3v) is 5.37. The van der Waals surface area contributed by atoms with Gasteiger partial charge in [0, 0.05) is 24.6 Å². The maximum atomic E-state index is 12.0. The van der Waals surface area contributed by atoms with E-state index in [-0.39, 0.29) is 5.56 Å². The fourth-order valence-corrected chi connectivity index (χ4v) is 3.78. The van der Waals surface area contributed by atoms with E-state index < -0.39 is 0 Å². The molecule has 0 aliphatic rings. The van der Waals surface area contributed by atoms with Crippen LogP contribution in [0.4, 0.5) is 5.95 Å². The van der Waals surface area contributed by atoms with Gasteiger partial charge in [-0.1, -0.05) is 18.2 Å². The molecule has 0 aliphatic carbocycles. The van der Waals surface area contributed by atoms with Crippen molar-refractivity contribution in [1.82, 2.24) is 29.5 Å². The van der Waals surface area contributed by atoms with Crippen LogP contribution in [-0.4, -0.2) is 29.5 Å². The molecule has 0 spiro atoms. The molecule has 1 aromatic carbocycles. The van der Waals surface area contributed by atoms with Crippen molar-refractivity contribution >= 4 is 11.5 Å². The van der Waals surface area contributed by atoms with Crippen molar-refractivity contribution in [1.29, 1.82) is 0 Å². The summed E-state index contributed by atoms with van der Waals surface area (Å²) in [6, 6.07) is 14.0. The van der Waals surface area contributed by atoms with Crippen LogP contribution in [0.3, 0.4) is 0 Å². The maximum absolute atomic E-state index is 12.0. The molecule has 8 nitrogen and oxygen atoms in total. The van der Waals surface area contributed by atoms with Gasteiger partial charge in [-0.2, -0.15) is 5.10 Å². The van der Waals surface area contributed by atoms with Crippen molar-refractivity contribution in [2.24, 2.45) is 0 Å². The number of nitrogens with zero attached hydrogens (tertiary/aromatic N) is 5. The number of aromatic amines is 1. The van der Waals surface area contributed by atoms with E-state index in [9.17, 15) is 4.79 Å². The predicted molar refractivity (Wildman–Crippen MR) is 123 cm³/mol. The zero-order valence-electron chi connectivity index (χ0n) is 17.7. The van der Waals surface area contributed by atoms with Crippen LogP contribution < -0.4 is 10.9 Å². The van der Waals surface area contributed by atoms with Gasteiger partial charge in [0.2, 0.25) is 5.95 Å². The standard InChI is InChI=1S/C24H21N7O/c1-15-9-17(3-4-20(15)18-5-7-25-16(2)10-18)12-26-24-27-13-19-11-22(28-14-31(19)24)21-6-8-29-30-23(21)32/h3-11,13-14H,12H2,1-2H3,(H,26,27)(H,30,32). The maximum Gasteiger partial charge on any atom is 0.273 e. The lowest BCUT2D eigenvalue weighted by Crippen LogP contribution is -2.10. The molecular formula is C24H21N7O. The molecule has 5 aromatic rings. The van der Waals surface area contributed by atoms with Gasteiger partial charge < -0.3 is 5.32 Å². The Hall–Kier alpha value is -4.33. The highest BCUT2D eigenvalue weighted by Gasteiger charge is 2.10. The van der Waals surface area contributed by atoms with E-state index >= 15 is 0 Å². The number of pyridine rings is 1. The summed E-state index contributed by atoms with van der Waals surface area (Å²) in [7, 11) is 0. The second-order valence-electron chi connectivity index (χ2n) is 7.64. The van der Waals surface area contributed by atoms with Gasteiger partial charge >= 0.3 is 0 Å². The zero-order chi connectivity index (χ0) is 22.1. The molecule has 158 valence electrons. The molecule has 0 amide bonds. The summed E-state index contributed by atoms with van der Waals surface area (Å²) in [5, 5.41) is 9.53. The molecule has 8 heteroatoms. The van der Waals surface area contributed by atoms with Crippen LogP contribution in [0.25, 0.3) is 27.9 Å². The largest absolute Gasteiger partial charge is 0.351 e. The molecule has 0 fully saturated rings. The number of benzene rings is 1. The van der Waals surface area contributed by atoms with Gasteiger partial charge in [0.15, 0.2) is 0 Å². The van der Waals surface area contributed by atoms with E-state index in [1.165, 1.54) is 22.9 Å². The minimum atomic E-state index is -0.275. The molecule has 4 heterocycles. The number of imidazole rings is 1. The summed E-state index contributed by atoms with van der Waals surface area (Å²) < 4.78 is 1.86. The zero-order valence-corrected chi connectivity index (χ0v) is 17.7. The van der Waals surface area contributed by atoms with E-state index in [4.69, 9.17) is 0 Å². The first-order valence-electron chi connectivity index (χ1n) is 10.2. The Balaban J connectivity index is 1.36. The van der Waals surface area contributed by atoms with E-state index in [1.807, 2.05) is 29.7 Å². The Morgan fingerprint density at radius 1 is 0.969 bits per heavy atom. The molecule has 0 aliphatic heterocycles. The van der Waals surface area contributed by atoms with Crippen LogP contribution in [-0.2, 0) is 6.54 Å². The molecular weight excluding hydrogens is 402 g/mol. The molecule has 0 saturated carbocycles. The molecule has 4 aromatic heterocycles. The first-order chi connectivity index (χ1) is 15.6. The summed E-state index contributed by atoms with van der Waals surface area (Å²) in [4.78, 5) is 25.2. The summed E-state index contributed by atoms with van der Waals surface area (Å²) >= 11 is 0. The minimum absolute atomic E-state index is 0.275. The number of hydrogen-bond acceptors (Lipinski definition) is 6. The molecule has 2 N–H and O–H groups in total. The van der Waals surface area contributed by atoms with Gasteiger partial charge in [0.25, 0.3) is 5.56 Å². The van der Waals surface area contributed by atoms with Gasteiger partial charge in [0.05, 0.1) is 23.0 Å². The average molecular weight is 423 g/mol. The molecule has 32 heavy (non-hydrogen) atoms. The Morgan fingerprint density at radius 3 is 2.69 bits per heavy atom. The fraction of sp³-hybridized carbons (Fsp3) is 0.125. The first kappa shape index (κ1) is 19.6. The number of fused-ring (bicyclic) bond motifs is 1. The van der Waals surface area contributed by atoms with Gasteiger partial charge in [-0.05, 0) is 60.4 Å². The summed E-state index contributed by atoms with van der Waals surface area (Å²) in [6.07, 6.45) is 6.80. The normalized spacial score (nSPS) is 11.1. The Labute approximate surface area is 184 Å². The van der Waals surface area contributed by atoms with Crippen LogP contribution in [0, 0.1) is 13.8 Å². The monoisotopic (exact) mass is 423 g/mol. The molecule has 0 atom stereocenters. The van der Waals surface area contributed by atoms with Crippen molar-refractivity contribution in [2.75, 3.05) is 5.32 Å². The minimum Gasteiger partial charge on any atom is -0.351 e. The topological polar surface area (TPSA) is 101 Å². The number of hydrogen-bond donors (Lipinski definition) is 2. The lowest BCUT2D eigenvalue weighted by Gasteiger charge is -2.11. The van der Waals surface area contributed by atoms with Gasteiger partial charge in [0.1, 0.15) is 6.33 Å². The predicted octanol–water partition coefficient (Wildman–Crippen LogP) is 3.77. The lowest BCUT2D eigenvalue weighted by atomic mass is 9.98. The number of H-pyrrole nitrogens is 1. The second-order valence-corrected chi connectivity index (χ2v) is 7.64. The van der Waals surface area contributed by atoms with Crippen molar-refractivity contribution in [2.45, 2.75) is 20.4 Å². The number of nitrogens with one attached hydrogen (secondary N) is 2. The number of anilines is 1. The quantitative estimate of drug-likeness (QED) is 0.446. The first-order valence-corrected chi connectivity index (χ1v) is 10.2. The summed E-state index contributed by atoms with van der Waals surface area (Å²) in [6.45, 7) is 4.74. The third kappa shape index (κ3) is 3.74. The van der Waals surface area contributed by atoms with E-state index in [2.05, 4.69) is 61.7 Å². The molecule has 5 rings (SSSR count). The van der Waals surface area contributed by atoms with Crippen LogP contribution >= 0.6 is 0 Å². The van der Waals surface area contributed by atoms with Crippen molar-refractivity contribution in [3.05, 3.63) is 94.6 Å². The van der Waals surface area contributed by atoms with E-state index in [0.717, 1.165) is 16.8 Å². The van der Waals surface area contributed by atoms with Crippen molar-refractivity contribution in [3.8, 4) is 22.4 Å². The SMILES string of the molecule is Cc1cc(-c2ccc(CNc3ncc4cc(-c5ccn[nH]c5=O)ncn34)cc2C)ccn1. The van der Waals surface area contributed by atoms with Gasteiger partial charge in [-0.25, -0.2) is 15.1 Å². The lowest BCUT2D eigenvalue weighted by molar-refractivity contribution is 0.983.